The van der Waals surface area contributed by atoms with Crippen LogP contribution in [0.2, 0.25) is 0 Å². The van der Waals surface area contributed by atoms with Gasteiger partial charge in [-0.15, -0.1) is 0 Å². The molecule has 1 radical (unpaired) electrons. The Balaban J connectivity index is 0.00000338. The van der Waals surface area contributed by atoms with Crippen molar-refractivity contribution < 1.29 is 31.4 Å². The van der Waals surface area contributed by atoms with Crippen molar-refractivity contribution in [2.75, 3.05) is 26.3 Å². The Kier molecular flexibility index (Phi) is 11.0. The van der Waals surface area contributed by atoms with Crippen LogP contribution in [0.1, 0.15) is 12.8 Å². The summed E-state index contributed by atoms with van der Waals surface area (Å²) in [5, 5.41) is 6.25. The molecule has 2 N–H and O–H groups in total. The Bertz CT molecular complexity index is 602. The molecule has 0 aromatic rings. The molecule has 26 heavy (non-hydrogen) atoms. The molecule has 0 heterocycles. The van der Waals surface area contributed by atoms with Gasteiger partial charge in [0.05, 0.1) is 0 Å². The van der Waals surface area contributed by atoms with Gasteiger partial charge in [0.15, 0.2) is 11.6 Å². The number of ketones is 2. The standard InChI is InChI=1S/C20H24N2O3.Cu/c23-19-9-3-1-7-17(19)15-21-11-5-13-25-14-6-12-22-16-18-8-2-4-10-20(18)24;/h1-4,7-10,15-16,21-22H,5-6,11-14H2;/b17-15-,18-16-;. The van der Waals surface area contributed by atoms with Gasteiger partial charge >= 0.3 is 0 Å². The fraction of sp³-hybridized carbons (Fsp3) is 0.300. The molecule has 0 atom stereocenters. The molecule has 0 bridgehead atoms. The van der Waals surface area contributed by atoms with Crippen LogP contribution in [-0.4, -0.2) is 37.9 Å². The topological polar surface area (TPSA) is 67.4 Å². The summed E-state index contributed by atoms with van der Waals surface area (Å²) in [6, 6.07) is 0. The molecular weight excluding hydrogens is 380 g/mol. The Morgan fingerprint density at radius 3 is 1.58 bits per heavy atom. The summed E-state index contributed by atoms with van der Waals surface area (Å²) >= 11 is 0. The van der Waals surface area contributed by atoms with Crippen LogP contribution in [0.25, 0.3) is 0 Å². The number of rotatable bonds is 10. The van der Waals surface area contributed by atoms with Gasteiger partial charge in [-0.05, 0) is 37.1 Å². The number of hydrogen-bond donors (Lipinski definition) is 2. The zero-order valence-corrected chi connectivity index (χ0v) is 15.5. The van der Waals surface area contributed by atoms with Gasteiger partial charge in [0.2, 0.25) is 0 Å². The summed E-state index contributed by atoms with van der Waals surface area (Å²) in [6.45, 7) is 2.88. The first-order valence-corrected chi connectivity index (χ1v) is 8.50. The van der Waals surface area contributed by atoms with E-state index in [1.165, 1.54) is 0 Å². The van der Waals surface area contributed by atoms with Crippen molar-refractivity contribution in [1.29, 1.82) is 0 Å². The van der Waals surface area contributed by atoms with Crippen molar-refractivity contribution in [3.63, 3.8) is 0 Å². The molecule has 0 aliphatic heterocycles. The van der Waals surface area contributed by atoms with Crippen molar-refractivity contribution in [3.05, 3.63) is 72.2 Å². The average molecular weight is 404 g/mol. The number of hydrogen-bond acceptors (Lipinski definition) is 5. The number of allylic oxidation sites excluding steroid dienone is 10. The van der Waals surface area contributed by atoms with Crippen molar-refractivity contribution >= 4 is 11.6 Å². The van der Waals surface area contributed by atoms with Crippen molar-refractivity contribution in [1.82, 2.24) is 10.6 Å². The van der Waals surface area contributed by atoms with Crippen LogP contribution in [0.4, 0.5) is 0 Å². The van der Waals surface area contributed by atoms with Crippen LogP contribution >= 0.6 is 0 Å². The first-order chi connectivity index (χ1) is 12.3. The summed E-state index contributed by atoms with van der Waals surface area (Å²) < 4.78 is 5.55. The molecule has 6 heteroatoms. The fourth-order valence-electron chi connectivity index (χ4n) is 2.22. The third kappa shape index (κ3) is 8.30. The summed E-state index contributed by atoms with van der Waals surface area (Å²) in [6.07, 6.45) is 19.1. The molecule has 0 saturated carbocycles. The predicted octanol–water partition coefficient (Wildman–Crippen LogP) is 2.12. The monoisotopic (exact) mass is 403 g/mol. The summed E-state index contributed by atoms with van der Waals surface area (Å²) in [4.78, 5) is 23.0. The molecule has 2 rings (SSSR count). The van der Waals surface area contributed by atoms with Gasteiger partial charge in [-0.2, -0.15) is 0 Å². The number of carbonyl (C=O) groups is 2. The van der Waals surface area contributed by atoms with Crippen molar-refractivity contribution in [2.45, 2.75) is 12.8 Å². The van der Waals surface area contributed by atoms with Gasteiger partial charge in [0.25, 0.3) is 0 Å². The van der Waals surface area contributed by atoms with E-state index >= 15 is 0 Å². The third-order valence-corrected chi connectivity index (χ3v) is 3.57. The average Bonchev–Trinajstić information content (AvgIpc) is 2.62. The van der Waals surface area contributed by atoms with Crippen molar-refractivity contribution in [3.8, 4) is 0 Å². The van der Waals surface area contributed by atoms with Gasteiger partial charge in [-0.3, -0.25) is 9.59 Å². The second kappa shape index (κ2) is 13.1. The maximum Gasteiger partial charge on any atom is 0.187 e. The van der Waals surface area contributed by atoms with Gasteiger partial charge in [0, 0.05) is 66.9 Å². The Labute approximate surface area is 165 Å². The van der Waals surface area contributed by atoms with E-state index in [1.807, 2.05) is 12.2 Å². The van der Waals surface area contributed by atoms with Crippen LogP contribution in [0.3, 0.4) is 0 Å². The Morgan fingerprint density at radius 1 is 0.731 bits per heavy atom. The number of ether oxygens (including phenoxy) is 1. The van der Waals surface area contributed by atoms with Crippen LogP contribution < -0.4 is 10.6 Å². The number of nitrogens with one attached hydrogen (secondary N) is 2. The molecule has 0 fully saturated rings. The van der Waals surface area contributed by atoms with Gasteiger partial charge in [-0.25, -0.2) is 0 Å². The maximum atomic E-state index is 11.5. The van der Waals surface area contributed by atoms with Crippen LogP contribution in [-0.2, 0) is 31.4 Å². The summed E-state index contributed by atoms with van der Waals surface area (Å²) in [5.74, 6) is 0.0466. The van der Waals surface area contributed by atoms with Gasteiger partial charge in [-0.1, -0.05) is 24.3 Å². The van der Waals surface area contributed by atoms with Gasteiger partial charge in [0.1, 0.15) is 0 Å². The smallest absolute Gasteiger partial charge is 0.187 e. The van der Waals surface area contributed by atoms with Crippen LogP contribution in [0.5, 0.6) is 0 Å². The second-order valence-electron chi connectivity index (χ2n) is 5.59. The summed E-state index contributed by atoms with van der Waals surface area (Å²) in [5.41, 5.74) is 1.34. The molecule has 5 nitrogen and oxygen atoms in total. The summed E-state index contributed by atoms with van der Waals surface area (Å²) in [7, 11) is 0. The first kappa shape index (κ1) is 21.9. The van der Waals surface area contributed by atoms with E-state index in [4.69, 9.17) is 4.74 Å². The first-order valence-electron chi connectivity index (χ1n) is 8.50. The fourth-order valence-corrected chi connectivity index (χ4v) is 2.22. The van der Waals surface area contributed by atoms with E-state index in [1.54, 1.807) is 48.9 Å². The molecule has 2 aliphatic rings. The molecule has 143 valence electrons. The third-order valence-electron chi connectivity index (χ3n) is 3.57. The normalized spacial score (nSPS) is 18.5. The minimum atomic E-state index is 0. The van der Waals surface area contributed by atoms with E-state index < -0.39 is 0 Å². The van der Waals surface area contributed by atoms with E-state index in [9.17, 15) is 9.59 Å². The SMILES string of the molecule is O=C1C=CC=C/C1=C/NCCCOCCCN/C=C1/C=CC=CC1=O.[Cu]. The van der Waals surface area contributed by atoms with Crippen molar-refractivity contribution in [2.24, 2.45) is 0 Å². The van der Waals surface area contributed by atoms with Gasteiger partial charge < -0.3 is 15.4 Å². The maximum absolute atomic E-state index is 11.5. The Hall–Kier alpha value is -2.14. The predicted molar refractivity (Wildman–Crippen MR) is 98.8 cm³/mol. The minimum Gasteiger partial charge on any atom is -0.390 e. The van der Waals surface area contributed by atoms with E-state index in [0.717, 1.165) is 25.9 Å². The molecule has 0 aromatic carbocycles. The molecule has 0 saturated heterocycles. The molecule has 2 aliphatic carbocycles. The second-order valence-corrected chi connectivity index (χ2v) is 5.59. The largest absolute Gasteiger partial charge is 0.390 e. The molecule has 0 unspecified atom stereocenters. The van der Waals surface area contributed by atoms with Crippen LogP contribution in [0, 0.1) is 0 Å². The molecule has 0 amide bonds. The molecular formula is C20H24CuN2O3. The van der Waals surface area contributed by atoms with E-state index in [-0.39, 0.29) is 28.6 Å². The zero-order valence-electron chi connectivity index (χ0n) is 14.5. The Morgan fingerprint density at radius 2 is 1.15 bits per heavy atom. The quantitative estimate of drug-likeness (QED) is 0.332. The van der Waals surface area contributed by atoms with E-state index in [2.05, 4.69) is 10.6 Å². The number of carbonyl (C=O) groups excluding carboxylic acids is 2. The molecule has 0 spiro atoms. The van der Waals surface area contributed by atoms with Crippen LogP contribution in [0.15, 0.2) is 72.2 Å². The minimum absolute atomic E-state index is 0. The van der Waals surface area contributed by atoms with E-state index in [0.29, 0.717) is 24.4 Å². The zero-order chi connectivity index (χ0) is 17.7. The molecule has 0 aromatic heterocycles.